The lowest BCUT2D eigenvalue weighted by molar-refractivity contribution is -0.121. The predicted molar refractivity (Wildman–Crippen MR) is 140 cm³/mol. The van der Waals surface area contributed by atoms with Crippen molar-refractivity contribution in [1.29, 1.82) is 0 Å². The van der Waals surface area contributed by atoms with Crippen molar-refractivity contribution in [3.8, 4) is 5.69 Å². The highest BCUT2D eigenvalue weighted by Gasteiger charge is 2.30. The molecule has 1 fully saturated rings. The highest BCUT2D eigenvalue weighted by molar-refractivity contribution is 8.18. The van der Waals surface area contributed by atoms with Gasteiger partial charge < -0.3 is 14.4 Å². The summed E-state index contributed by atoms with van der Waals surface area (Å²) in [6.45, 7) is 6.06. The molecule has 1 aromatic heterocycles. The molecule has 0 spiro atoms. The number of aliphatic imine (C=N–C) groups is 1. The largest absolute Gasteiger partial charge is 0.478 e. The molecule has 0 saturated carbocycles. The van der Waals surface area contributed by atoms with Gasteiger partial charge in [-0.1, -0.05) is 0 Å². The molecule has 1 amide bonds. The SMILES string of the molecule is CCOC(=O)c1ccc(-n2c(C)cc(/C=C3\SC(=Nc4ccc(C(=O)O)cc4)N(C)C3=O)c2C)cc1. The normalized spacial score (nSPS) is 15.7. The number of likely N-dealkylation sites (N-methyl/N-ethyl adjacent to an activating group) is 1. The van der Waals surface area contributed by atoms with Crippen LogP contribution in [0.2, 0.25) is 0 Å². The second-order valence-electron chi connectivity index (χ2n) is 8.15. The molecule has 1 aliphatic heterocycles. The van der Waals surface area contributed by atoms with Gasteiger partial charge in [0, 0.05) is 24.1 Å². The van der Waals surface area contributed by atoms with Crippen molar-refractivity contribution in [3.63, 3.8) is 0 Å². The van der Waals surface area contributed by atoms with Crippen molar-refractivity contribution >= 4 is 46.5 Å². The number of carbonyl (C=O) groups excluding carboxylic acids is 2. The van der Waals surface area contributed by atoms with Crippen LogP contribution in [-0.4, -0.2) is 51.2 Å². The zero-order valence-electron chi connectivity index (χ0n) is 20.3. The maximum atomic E-state index is 12.9. The van der Waals surface area contributed by atoms with Gasteiger partial charge in [-0.2, -0.15) is 0 Å². The summed E-state index contributed by atoms with van der Waals surface area (Å²) in [6.07, 6.45) is 1.85. The van der Waals surface area contributed by atoms with Crippen molar-refractivity contribution in [2.75, 3.05) is 13.7 Å². The molecule has 9 heteroatoms. The van der Waals surface area contributed by atoms with Gasteiger partial charge in [0.05, 0.1) is 28.3 Å². The molecule has 2 aromatic carbocycles. The van der Waals surface area contributed by atoms with E-state index in [-0.39, 0.29) is 17.4 Å². The standard InChI is InChI=1S/C27H25N3O5S/c1-5-35-26(34)19-8-12-22(13-9-19)30-16(2)14-20(17(30)3)15-23-24(31)29(4)27(36-23)28-21-10-6-18(7-11-21)25(32)33/h6-15H,5H2,1-4H3,(H,32,33)/b23-15-,28-27?. The van der Waals surface area contributed by atoms with Crippen LogP contribution in [0.25, 0.3) is 11.8 Å². The fourth-order valence-corrected chi connectivity index (χ4v) is 4.85. The van der Waals surface area contributed by atoms with Crippen LogP contribution in [-0.2, 0) is 9.53 Å². The van der Waals surface area contributed by atoms with E-state index in [2.05, 4.69) is 9.56 Å². The predicted octanol–water partition coefficient (Wildman–Crippen LogP) is 5.20. The van der Waals surface area contributed by atoms with E-state index < -0.39 is 5.97 Å². The summed E-state index contributed by atoms with van der Waals surface area (Å²) >= 11 is 1.27. The van der Waals surface area contributed by atoms with E-state index in [1.807, 2.05) is 38.1 Å². The average molecular weight is 504 g/mol. The van der Waals surface area contributed by atoms with Crippen molar-refractivity contribution < 1.29 is 24.2 Å². The Balaban J connectivity index is 1.60. The monoisotopic (exact) mass is 503 g/mol. The highest BCUT2D eigenvalue weighted by Crippen LogP contribution is 2.34. The summed E-state index contributed by atoms with van der Waals surface area (Å²) in [5.41, 5.74) is 4.97. The Morgan fingerprint density at radius 1 is 1.06 bits per heavy atom. The van der Waals surface area contributed by atoms with Gasteiger partial charge in [-0.05, 0) is 98.8 Å². The third-order valence-corrected chi connectivity index (χ3v) is 6.80. The van der Waals surface area contributed by atoms with Crippen molar-refractivity contribution in [2.45, 2.75) is 20.8 Å². The average Bonchev–Trinajstić information content (AvgIpc) is 3.29. The van der Waals surface area contributed by atoms with E-state index in [0.29, 0.717) is 27.9 Å². The van der Waals surface area contributed by atoms with Crippen LogP contribution in [0.4, 0.5) is 5.69 Å². The van der Waals surface area contributed by atoms with Gasteiger partial charge in [-0.3, -0.25) is 9.69 Å². The Labute approximate surface area is 212 Å². The first-order valence-corrected chi connectivity index (χ1v) is 12.1. The second-order valence-corrected chi connectivity index (χ2v) is 9.16. The van der Waals surface area contributed by atoms with Gasteiger partial charge in [-0.25, -0.2) is 14.6 Å². The molecule has 36 heavy (non-hydrogen) atoms. The van der Waals surface area contributed by atoms with E-state index in [1.54, 1.807) is 38.2 Å². The summed E-state index contributed by atoms with van der Waals surface area (Å²) in [5, 5.41) is 9.57. The minimum absolute atomic E-state index is 0.163. The molecular weight excluding hydrogens is 478 g/mol. The number of nitrogens with zero attached hydrogens (tertiary/aromatic N) is 3. The van der Waals surface area contributed by atoms with Crippen LogP contribution in [0, 0.1) is 13.8 Å². The van der Waals surface area contributed by atoms with Crippen molar-refractivity contribution in [1.82, 2.24) is 9.47 Å². The molecular formula is C27H25N3O5S. The second kappa shape index (κ2) is 10.2. The van der Waals surface area contributed by atoms with E-state index >= 15 is 0 Å². The van der Waals surface area contributed by atoms with Gasteiger partial charge in [0.2, 0.25) is 0 Å². The molecule has 8 nitrogen and oxygen atoms in total. The molecule has 1 saturated heterocycles. The molecule has 0 bridgehead atoms. The lowest BCUT2D eigenvalue weighted by Gasteiger charge is -2.10. The van der Waals surface area contributed by atoms with Crippen LogP contribution >= 0.6 is 11.8 Å². The number of hydrogen-bond donors (Lipinski definition) is 1. The quantitative estimate of drug-likeness (QED) is 0.366. The van der Waals surface area contributed by atoms with E-state index in [0.717, 1.165) is 22.6 Å². The third-order valence-electron chi connectivity index (χ3n) is 5.74. The number of thioether (sulfide) groups is 1. The zero-order valence-corrected chi connectivity index (χ0v) is 21.1. The molecule has 184 valence electrons. The summed E-state index contributed by atoms with van der Waals surface area (Å²) in [6, 6.07) is 15.4. The Morgan fingerprint density at radius 2 is 1.69 bits per heavy atom. The minimum Gasteiger partial charge on any atom is -0.478 e. The Bertz CT molecular complexity index is 1400. The molecule has 0 aliphatic carbocycles. The first-order valence-electron chi connectivity index (χ1n) is 11.3. The van der Waals surface area contributed by atoms with E-state index in [9.17, 15) is 14.4 Å². The lowest BCUT2D eigenvalue weighted by atomic mass is 10.2. The number of rotatable bonds is 6. The summed E-state index contributed by atoms with van der Waals surface area (Å²) in [7, 11) is 1.66. The zero-order chi connectivity index (χ0) is 26.0. The topological polar surface area (TPSA) is 101 Å². The van der Waals surface area contributed by atoms with Gasteiger partial charge in [0.25, 0.3) is 5.91 Å². The van der Waals surface area contributed by atoms with Gasteiger partial charge >= 0.3 is 11.9 Å². The fourth-order valence-electron chi connectivity index (χ4n) is 3.87. The number of amidine groups is 1. The molecule has 0 radical (unpaired) electrons. The number of carboxylic acid groups (broad SMARTS) is 1. The Morgan fingerprint density at radius 3 is 2.31 bits per heavy atom. The van der Waals surface area contributed by atoms with Crippen LogP contribution in [0.1, 0.15) is 44.6 Å². The molecule has 3 aromatic rings. The molecule has 1 aliphatic rings. The third kappa shape index (κ3) is 4.96. The lowest BCUT2D eigenvalue weighted by Crippen LogP contribution is -2.23. The first-order chi connectivity index (χ1) is 17.2. The molecule has 4 rings (SSSR count). The van der Waals surface area contributed by atoms with Crippen LogP contribution in [0.3, 0.4) is 0 Å². The van der Waals surface area contributed by atoms with Crippen molar-refractivity contribution in [2.24, 2.45) is 4.99 Å². The molecule has 0 unspecified atom stereocenters. The fraction of sp³-hybridized carbons (Fsp3) is 0.185. The van der Waals surface area contributed by atoms with Crippen LogP contribution in [0.5, 0.6) is 0 Å². The van der Waals surface area contributed by atoms with Gasteiger partial charge in [0.1, 0.15) is 0 Å². The highest BCUT2D eigenvalue weighted by atomic mass is 32.2. The number of aromatic nitrogens is 1. The van der Waals surface area contributed by atoms with Gasteiger partial charge in [-0.15, -0.1) is 0 Å². The number of aromatic carboxylic acids is 1. The maximum Gasteiger partial charge on any atom is 0.338 e. The smallest absolute Gasteiger partial charge is 0.338 e. The first kappa shape index (κ1) is 25.0. The van der Waals surface area contributed by atoms with E-state index in [4.69, 9.17) is 9.84 Å². The minimum atomic E-state index is -1.01. The van der Waals surface area contributed by atoms with Gasteiger partial charge in [0.15, 0.2) is 5.17 Å². The summed E-state index contributed by atoms with van der Waals surface area (Å²) in [5.74, 6) is -1.52. The number of benzene rings is 2. The Hall–Kier alpha value is -4.11. The van der Waals surface area contributed by atoms with E-state index in [1.165, 1.54) is 28.8 Å². The summed E-state index contributed by atoms with van der Waals surface area (Å²) in [4.78, 5) is 42.5. The van der Waals surface area contributed by atoms with Crippen LogP contribution < -0.4 is 0 Å². The number of esters is 1. The molecule has 2 heterocycles. The number of ether oxygens (including phenoxy) is 1. The molecule has 0 atom stereocenters. The molecule has 1 N–H and O–H groups in total. The number of carboxylic acids is 1. The number of hydrogen-bond acceptors (Lipinski definition) is 6. The number of amides is 1. The number of aryl methyl sites for hydroxylation is 1. The Kier molecular flexibility index (Phi) is 7.12. The number of carbonyl (C=O) groups is 3. The maximum absolute atomic E-state index is 12.9. The van der Waals surface area contributed by atoms with Crippen LogP contribution in [0.15, 0.2) is 64.5 Å². The summed E-state index contributed by atoms with van der Waals surface area (Å²) < 4.78 is 7.12. The van der Waals surface area contributed by atoms with Crippen molar-refractivity contribution in [3.05, 3.63) is 87.6 Å².